The molecule has 3 aromatic carbocycles. The van der Waals surface area contributed by atoms with Crippen LogP contribution in [-0.4, -0.2) is 22.4 Å². The van der Waals surface area contributed by atoms with Crippen LogP contribution in [0.4, 0.5) is 10.5 Å². The fourth-order valence-corrected chi connectivity index (χ4v) is 4.43. The highest BCUT2D eigenvalue weighted by atomic mass is 79.9. The molecule has 0 atom stereocenters. The lowest BCUT2D eigenvalue weighted by Crippen LogP contribution is -2.54. The van der Waals surface area contributed by atoms with Gasteiger partial charge in [0.15, 0.2) is 0 Å². The van der Waals surface area contributed by atoms with Crippen molar-refractivity contribution in [2.75, 3.05) is 4.90 Å². The number of hydrogen-bond acceptors (Lipinski definition) is 3. The fourth-order valence-electron chi connectivity index (χ4n) is 3.97. The maximum Gasteiger partial charge on any atom is 0.335 e. The summed E-state index contributed by atoms with van der Waals surface area (Å²) in [6.07, 6.45) is 3.41. The lowest BCUT2D eigenvalue weighted by molar-refractivity contribution is -0.122. The van der Waals surface area contributed by atoms with Crippen LogP contribution in [0.25, 0.3) is 17.0 Å². The van der Waals surface area contributed by atoms with Crippen LogP contribution in [0.1, 0.15) is 11.1 Å². The molecule has 0 aliphatic carbocycles. The van der Waals surface area contributed by atoms with Crippen LogP contribution in [0.15, 0.2) is 89.0 Å². The van der Waals surface area contributed by atoms with Gasteiger partial charge in [-0.25, -0.2) is 9.69 Å². The minimum Gasteiger partial charge on any atom is -0.342 e. The summed E-state index contributed by atoms with van der Waals surface area (Å²) in [4.78, 5) is 39.3. The number of carbonyl (C=O) groups excluding carboxylic acids is 3. The van der Waals surface area contributed by atoms with E-state index in [1.54, 1.807) is 24.3 Å². The molecule has 0 bridgehead atoms. The Morgan fingerprint density at radius 1 is 0.912 bits per heavy atom. The first kappa shape index (κ1) is 22.1. The van der Waals surface area contributed by atoms with E-state index < -0.39 is 17.8 Å². The van der Waals surface area contributed by atoms with E-state index >= 15 is 0 Å². The largest absolute Gasteiger partial charge is 0.342 e. The molecular weight excluding hydrogens is 518 g/mol. The number of amides is 4. The number of para-hydroxylation sites is 1. The Labute approximate surface area is 208 Å². The summed E-state index contributed by atoms with van der Waals surface area (Å²) in [6, 6.07) is 21.2. The highest BCUT2D eigenvalue weighted by Crippen LogP contribution is 2.28. The molecule has 0 saturated carbocycles. The van der Waals surface area contributed by atoms with E-state index in [0.29, 0.717) is 22.8 Å². The zero-order valence-electron chi connectivity index (χ0n) is 17.7. The number of aromatic nitrogens is 1. The lowest BCUT2D eigenvalue weighted by Gasteiger charge is -2.26. The maximum atomic E-state index is 13.3. The highest BCUT2D eigenvalue weighted by Gasteiger charge is 2.37. The second-order valence-electron chi connectivity index (χ2n) is 7.76. The summed E-state index contributed by atoms with van der Waals surface area (Å²) >= 11 is 9.70. The quantitative estimate of drug-likeness (QED) is 0.267. The van der Waals surface area contributed by atoms with Crippen LogP contribution in [0.3, 0.4) is 0 Å². The van der Waals surface area contributed by atoms with Gasteiger partial charge in [-0.2, -0.15) is 0 Å². The molecule has 2 heterocycles. The molecular formula is C26H17BrClN3O3. The van der Waals surface area contributed by atoms with E-state index in [4.69, 9.17) is 11.6 Å². The van der Waals surface area contributed by atoms with Gasteiger partial charge in [-0.15, -0.1) is 0 Å². The maximum absolute atomic E-state index is 13.3. The molecule has 1 N–H and O–H groups in total. The molecule has 0 spiro atoms. The number of benzene rings is 3. The molecule has 6 nitrogen and oxygen atoms in total. The number of nitrogens with one attached hydrogen (secondary N) is 1. The van der Waals surface area contributed by atoms with Crippen molar-refractivity contribution in [3.05, 3.63) is 105 Å². The summed E-state index contributed by atoms with van der Waals surface area (Å²) in [5.74, 6) is -1.41. The van der Waals surface area contributed by atoms with Gasteiger partial charge in [-0.05, 0) is 48.0 Å². The molecule has 8 heteroatoms. The summed E-state index contributed by atoms with van der Waals surface area (Å²) < 4.78 is 2.82. The van der Waals surface area contributed by atoms with Crippen molar-refractivity contribution in [3.63, 3.8) is 0 Å². The number of fused-ring (bicyclic) bond motifs is 1. The molecule has 4 aromatic rings. The van der Waals surface area contributed by atoms with Gasteiger partial charge in [-0.1, -0.05) is 63.9 Å². The SMILES string of the molecule is O=C1NC(=O)N(c2ccc(Br)cc2)C(=O)C1=Cc1cn(Cc2ccccc2Cl)c2ccccc12. The van der Waals surface area contributed by atoms with Gasteiger partial charge < -0.3 is 4.57 Å². The van der Waals surface area contributed by atoms with Crippen LogP contribution in [-0.2, 0) is 16.1 Å². The van der Waals surface area contributed by atoms with Crippen LogP contribution >= 0.6 is 27.5 Å². The van der Waals surface area contributed by atoms with E-state index in [2.05, 4.69) is 21.2 Å². The standard InChI is InChI=1S/C26H17BrClN3O3/c27-18-9-11-19(12-10-18)31-25(33)21(24(32)29-26(31)34)13-17-15-30(23-8-4-2-6-20(17)23)14-16-5-1-3-7-22(16)28/h1-13,15H,14H2,(H,29,32,34). The third-order valence-corrected chi connectivity index (χ3v) is 6.50. The topological polar surface area (TPSA) is 71.4 Å². The Bertz CT molecular complexity index is 1490. The first-order valence-electron chi connectivity index (χ1n) is 10.4. The molecule has 4 amide bonds. The van der Waals surface area contributed by atoms with Crippen molar-refractivity contribution < 1.29 is 14.4 Å². The molecule has 0 unspecified atom stereocenters. The van der Waals surface area contributed by atoms with Gasteiger partial charge in [0.2, 0.25) is 0 Å². The predicted octanol–water partition coefficient (Wildman–Crippen LogP) is 5.77. The van der Waals surface area contributed by atoms with Crippen LogP contribution in [0.5, 0.6) is 0 Å². The van der Waals surface area contributed by atoms with Gasteiger partial charge in [0.05, 0.1) is 5.69 Å². The average Bonchev–Trinajstić information content (AvgIpc) is 3.16. The molecule has 168 valence electrons. The lowest BCUT2D eigenvalue weighted by atomic mass is 10.1. The number of hydrogen-bond donors (Lipinski definition) is 1. The molecule has 34 heavy (non-hydrogen) atoms. The van der Waals surface area contributed by atoms with Crippen molar-refractivity contribution in [1.82, 2.24) is 9.88 Å². The van der Waals surface area contributed by atoms with Crippen molar-refractivity contribution >= 4 is 68.0 Å². The Hall–Kier alpha value is -3.68. The molecule has 1 saturated heterocycles. The highest BCUT2D eigenvalue weighted by molar-refractivity contribution is 9.10. The zero-order valence-corrected chi connectivity index (χ0v) is 20.0. The summed E-state index contributed by atoms with van der Waals surface area (Å²) in [5.41, 5.74) is 2.81. The third-order valence-electron chi connectivity index (χ3n) is 5.60. The van der Waals surface area contributed by atoms with Crippen molar-refractivity contribution in [2.45, 2.75) is 6.54 Å². The summed E-state index contributed by atoms with van der Waals surface area (Å²) in [6.45, 7) is 0.521. The first-order chi connectivity index (χ1) is 16.4. The van der Waals surface area contributed by atoms with E-state index in [-0.39, 0.29) is 5.57 Å². The number of anilines is 1. The molecule has 1 aliphatic heterocycles. The fraction of sp³-hybridized carbons (Fsp3) is 0.0385. The van der Waals surface area contributed by atoms with Gasteiger partial charge in [0.25, 0.3) is 11.8 Å². The summed E-state index contributed by atoms with van der Waals surface area (Å²) in [5, 5.41) is 3.80. The van der Waals surface area contributed by atoms with Gasteiger partial charge in [0.1, 0.15) is 5.57 Å². The number of barbiturate groups is 1. The number of rotatable bonds is 4. The molecule has 5 rings (SSSR count). The zero-order chi connectivity index (χ0) is 23.8. The monoisotopic (exact) mass is 533 g/mol. The second kappa shape index (κ2) is 8.93. The molecule has 1 aromatic heterocycles. The van der Waals surface area contributed by atoms with Crippen LogP contribution in [0.2, 0.25) is 5.02 Å². The van der Waals surface area contributed by atoms with Crippen LogP contribution in [0, 0.1) is 0 Å². The number of carbonyl (C=O) groups is 3. The van der Waals surface area contributed by atoms with E-state index in [1.165, 1.54) is 6.08 Å². The number of urea groups is 1. The van der Waals surface area contributed by atoms with E-state index in [1.807, 2.05) is 59.3 Å². The normalized spacial score (nSPS) is 15.3. The molecule has 1 fully saturated rings. The van der Waals surface area contributed by atoms with Crippen molar-refractivity contribution in [3.8, 4) is 0 Å². The number of nitrogens with zero attached hydrogens (tertiary/aromatic N) is 2. The summed E-state index contributed by atoms with van der Waals surface area (Å²) in [7, 11) is 0. The van der Waals surface area contributed by atoms with Gasteiger partial charge >= 0.3 is 6.03 Å². The Morgan fingerprint density at radius 2 is 1.62 bits per heavy atom. The average molecular weight is 535 g/mol. The number of imide groups is 2. The minimum absolute atomic E-state index is 0.122. The van der Waals surface area contributed by atoms with Gasteiger partial charge in [-0.3, -0.25) is 14.9 Å². The van der Waals surface area contributed by atoms with Crippen LogP contribution < -0.4 is 10.2 Å². The number of halogens is 2. The van der Waals surface area contributed by atoms with Crippen molar-refractivity contribution in [2.24, 2.45) is 0 Å². The van der Waals surface area contributed by atoms with E-state index in [0.717, 1.165) is 25.8 Å². The van der Waals surface area contributed by atoms with Crippen molar-refractivity contribution in [1.29, 1.82) is 0 Å². The Kier molecular flexibility index (Phi) is 5.81. The first-order valence-corrected chi connectivity index (χ1v) is 11.6. The minimum atomic E-state index is -0.782. The Balaban J connectivity index is 1.57. The second-order valence-corrected chi connectivity index (χ2v) is 9.08. The Morgan fingerprint density at radius 3 is 2.38 bits per heavy atom. The molecule has 1 aliphatic rings. The third kappa shape index (κ3) is 4.04. The smallest absolute Gasteiger partial charge is 0.335 e. The van der Waals surface area contributed by atoms with E-state index in [9.17, 15) is 14.4 Å². The van der Waals surface area contributed by atoms with Gasteiger partial charge in [0, 0.05) is 38.7 Å². The molecule has 0 radical (unpaired) electrons. The predicted molar refractivity (Wildman–Crippen MR) is 136 cm³/mol.